The SMILES string of the molecule is COc1cc2[nH]c(=S)n(Cc3csc(=O)[nH]3)c2cc1OC. The van der Waals surface area contributed by atoms with Crippen LogP contribution in [-0.4, -0.2) is 28.8 Å². The van der Waals surface area contributed by atoms with Crippen molar-refractivity contribution in [2.45, 2.75) is 6.54 Å². The highest BCUT2D eigenvalue weighted by Gasteiger charge is 2.12. The van der Waals surface area contributed by atoms with Crippen molar-refractivity contribution in [3.63, 3.8) is 0 Å². The lowest BCUT2D eigenvalue weighted by atomic mass is 10.2. The van der Waals surface area contributed by atoms with Crippen molar-refractivity contribution < 1.29 is 9.47 Å². The molecule has 2 N–H and O–H groups in total. The van der Waals surface area contributed by atoms with Crippen LogP contribution in [0.1, 0.15) is 5.69 Å². The molecule has 8 heteroatoms. The molecule has 0 atom stereocenters. The van der Waals surface area contributed by atoms with Crippen molar-refractivity contribution in [3.05, 3.63) is 37.6 Å². The number of rotatable bonds is 4. The average Bonchev–Trinajstić information content (AvgIpc) is 3.02. The monoisotopic (exact) mass is 323 g/mol. The molecule has 0 aliphatic heterocycles. The van der Waals surface area contributed by atoms with Gasteiger partial charge in [-0.1, -0.05) is 11.3 Å². The number of hydrogen-bond acceptors (Lipinski definition) is 5. The number of nitrogens with one attached hydrogen (secondary N) is 2. The molecule has 0 amide bonds. The third kappa shape index (κ3) is 2.47. The molecule has 0 fully saturated rings. The van der Waals surface area contributed by atoms with Gasteiger partial charge in [-0.25, -0.2) is 0 Å². The molecule has 0 aliphatic rings. The number of nitrogens with zero attached hydrogens (tertiary/aromatic N) is 1. The number of hydrogen-bond donors (Lipinski definition) is 2. The minimum absolute atomic E-state index is 0.0735. The van der Waals surface area contributed by atoms with Gasteiger partial charge in [-0.05, 0) is 12.2 Å². The largest absolute Gasteiger partial charge is 0.493 e. The molecule has 0 saturated carbocycles. The van der Waals surface area contributed by atoms with Gasteiger partial charge in [-0.15, -0.1) is 0 Å². The van der Waals surface area contributed by atoms with Crippen LogP contribution in [0.25, 0.3) is 11.0 Å². The molecule has 0 saturated heterocycles. The van der Waals surface area contributed by atoms with Crippen molar-refractivity contribution in [1.29, 1.82) is 0 Å². The van der Waals surface area contributed by atoms with E-state index in [9.17, 15) is 4.79 Å². The van der Waals surface area contributed by atoms with Crippen molar-refractivity contribution in [2.24, 2.45) is 0 Å². The fraction of sp³-hybridized carbons (Fsp3) is 0.231. The van der Waals surface area contributed by atoms with E-state index in [2.05, 4.69) is 9.97 Å². The maximum absolute atomic E-state index is 11.2. The highest BCUT2D eigenvalue weighted by atomic mass is 32.1. The zero-order chi connectivity index (χ0) is 15.0. The lowest BCUT2D eigenvalue weighted by Crippen LogP contribution is -2.03. The fourth-order valence-corrected chi connectivity index (χ4v) is 3.05. The van der Waals surface area contributed by atoms with Crippen LogP contribution in [0.5, 0.6) is 11.5 Å². The summed E-state index contributed by atoms with van der Waals surface area (Å²) in [4.78, 5) is 17.1. The Kier molecular flexibility index (Phi) is 3.56. The Balaban J connectivity index is 2.15. The first-order valence-corrected chi connectivity index (χ1v) is 7.42. The van der Waals surface area contributed by atoms with Gasteiger partial charge in [0.15, 0.2) is 16.3 Å². The van der Waals surface area contributed by atoms with Crippen molar-refractivity contribution in [1.82, 2.24) is 14.5 Å². The van der Waals surface area contributed by atoms with Crippen LogP contribution < -0.4 is 14.3 Å². The van der Waals surface area contributed by atoms with Gasteiger partial charge in [-0.2, -0.15) is 0 Å². The molecule has 21 heavy (non-hydrogen) atoms. The quantitative estimate of drug-likeness (QED) is 0.724. The Morgan fingerprint density at radius 1 is 1.24 bits per heavy atom. The predicted molar refractivity (Wildman–Crippen MR) is 84.3 cm³/mol. The molecule has 2 heterocycles. The predicted octanol–water partition coefficient (Wildman–Crippen LogP) is 2.51. The maximum atomic E-state index is 11.2. The van der Waals surface area contributed by atoms with Crippen molar-refractivity contribution in [2.75, 3.05) is 14.2 Å². The van der Waals surface area contributed by atoms with Gasteiger partial charge in [-0.3, -0.25) is 4.79 Å². The Labute approximate surface area is 129 Å². The number of thiazole rings is 1. The minimum atomic E-state index is -0.0735. The molecule has 0 spiro atoms. The highest BCUT2D eigenvalue weighted by Crippen LogP contribution is 2.32. The minimum Gasteiger partial charge on any atom is -0.493 e. The summed E-state index contributed by atoms with van der Waals surface area (Å²) in [6, 6.07) is 3.71. The van der Waals surface area contributed by atoms with Gasteiger partial charge >= 0.3 is 4.87 Å². The summed E-state index contributed by atoms with van der Waals surface area (Å²) in [5, 5.41) is 1.80. The molecular weight excluding hydrogens is 310 g/mol. The first-order chi connectivity index (χ1) is 10.1. The number of benzene rings is 1. The van der Waals surface area contributed by atoms with Crippen LogP contribution in [0.3, 0.4) is 0 Å². The second kappa shape index (κ2) is 5.38. The summed E-state index contributed by atoms with van der Waals surface area (Å²) in [7, 11) is 3.18. The number of aromatic amines is 2. The van der Waals surface area contributed by atoms with E-state index in [1.807, 2.05) is 16.7 Å². The van der Waals surface area contributed by atoms with Gasteiger partial charge in [0.2, 0.25) is 0 Å². The van der Waals surface area contributed by atoms with Crippen molar-refractivity contribution in [3.8, 4) is 11.5 Å². The number of fused-ring (bicyclic) bond motifs is 1. The molecular formula is C13H13N3O3S2. The van der Waals surface area contributed by atoms with Gasteiger partial charge in [0.05, 0.1) is 31.8 Å². The Morgan fingerprint density at radius 2 is 1.95 bits per heavy atom. The standard InChI is InChI=1S/C13H13N3O3S2/c1-18-10-3-8-9(4-11(10)19-2)16(12(20)15-8)5-7-6-21-13(17)14-7/h3-4,6H,5H2,1-2H3,(H,14,17)(H,15,20). The van der Waals surface area contributed by atoms with E-state index in [1.54, 1.807) is 19.6 Å². The van der Waals surface area contributed by atoms with Crippen LogP contribution in [-0.2, 0) is 6.54 Å². The number of imidazole rings is 1. The zero-order valence-corrected chi connectivity index (χ0v) is 13.1. The van der Waals surface area contributed by atoms with Gasteiger partial charge in [0.25, 0.3) is 0 Å². The normalized spacial score (nSPS) is 11.0. The van der Waals surface area contributed by atoms with Crippen LogP contribution in [0, 0.1) is 4.77 Å². The topological polar surface area (TPSA) is 72.0 Å². The Bertz CT molecular complexity index is 903. The molecule has 0 aliphatic carbocycles. The second-order valence-corrected chi connectivity index (χ2v) is 5.64. The third-order valence-electron chi connectivity index (χ3n) is 3.18. The van der Waals surface area contributed by atoms with E-state index < -0.39 is 0 Å². The molecule has 0 unspecified atom stereocenters. The van der Waals surface area contributed by atoms with E-state index in [0.29, 0.717) is 22.8 Å². The van der Waals surface area contributed by atoms with E-state index in [0.717, 1.165) is 28.1 Å². The molecule has 2 aromatic heterocycles. The summed E-state index contributed by atoms with van der Waals surface area (Å²) in [6.07, 6.45) is 0. The lowest BCUT2D eigenvalue weighted by Gasteiger charge is -2.08. The fourth-order valence-electron chi connectivity index (χ4n) is 2.20. The number of H-pyrrole nitrogens is 2. The Morgan fingerprint density at radius 3 is 2.57 bits per heavy atom. The van der Waals surface area contributed by atoms with Crippen LogP contribution >= 0.6 is 23.6 Å². The number of aromatic nitrogens is 3. The summed E-state index contributed by atoms with van der Waals surface area (Å²) >= 11 is 6.49. The van der Waals surface area contributed by atoms with E-state index >= 15 is 0 Å². The van der Waals surface area contributed by atoms with E-state index in [1.165, 1.54) is 0 Å². The zero-order valence-electron chi connectivity index (χ0n) is 11.4. The average molecular weight is 323 g/mol. The van der Waals surface area contributed by atoms with E-state index in [-0.39, 0.29) is 4.87 Å². The smallest absolute Gasteiger partial charge is 0.304 e. The van der Waals surface area contributed by atoms with Crippen LogP contribution in [0.15, 0.2) is 22.3 Å². The van der Waals surface area contributed by atoms with E-state index in [4.69, 9.17) is 21.7 Å². The number of ether oxygens (including phenoxy) is 2. The number of methoxy groups -OCH3 is 2. The first-order valence-electron chi connectivity index (χ1n) is 6.13. The summed E-state index contributed by atoms with van der Waals surface area (Å²) in [5.74, 6) is 1.27. The molecule has 0 radical (unpaired) electrons. The molecule has 3 rings (SSSR count). The molecule has 6 nitrogen and oxygen atoms in total. The van der Waals surface area contributed by atoms with Gasteiger partial charge in [0.1, 0.15) is 0 Å². The summed E-state index contributed by atoms with van der Waals surface area (Å²) in [6.45, 7) is 0.493. The third-order valence-corrected chi connectivity index (χ3v) is 4.22. The molecule has 110 valence electrons. The lowest BCUT2D eigenvalue weighted by molar-refractivity contribution is 0.355. The molecule has 3 aromatic rings. The van der Waals surface area contributed by atoms with Crippen molar-refractivity contribution >= 4 is 34.6 Å². The summed E-state index contributed by atoms with van der Waals surface area (Å²) < 4.78 is 13.1. The van der Waals surface area contributed by atoms with Crippen LogP contribution in [0.2, 0.25) is 0 Å². The van der Waals surface area contributed by atoms with Gasteiger partial charge in [0, 0.05) is 23.2 Å². The Hall–Kier alpha value is -2.06. The highest BCUT2D eigenvalue weighted by molar-refractivity contribution is 7.71. The molecule has 1 aromatic carbocycles. The van der Waals surface area contributed by atoms with Gasteiger partial charge < -0.3 is 24.0 Å². The van der Waals surface area contributed by atoms with Crippen LogP contribution in [0.4, 0.5) is 0 Å². The summed E-state index contributed by atoms with van der Waals surface area (Å²) in [5.41, 5.74) is 2.57. The maximum Gasteiger partial charge on any atom is 0.304 e. The molecule has 0 bridgehead atoms. The second-order valence-electron chi connectivity index (χ2n) is 4.41. The first kappa shape index (κ1) is 13.9.